The molecule has 0 aromatic heterocycles. The third kappa shape index (κ3) is 9.91. The van der Waals surface area contributed by atoms with E-state index < -0.39 is 23.8 Å². The number of aryl methyl sites for hydroxylation is 2. The molecule has 7 heteroatoms. The van der Waals surface area contributed by atoms with Crippen molar-refractivity contribution in [2.24, 2.45) is 0 Å². The lowest BCUT2D eigenvalue weighted by molar-refractivity contribution is -0.143. The number of hydrogen-bond acceptors (Lipinski definition) is 4. The number of hydrogen-bond donors (Lipinski definition) is 2. The van der Waals surface area contributed by atoms with E-state index in [1.54, 1.807) is 25.7 Å². The molecule has 7 nitrogen and oxygen atoms in total. The molecule has 3 rings (SSSR count). The Hall–Kier alpha value is -3.35. The Labute approximate surface area is 246 Å². The van der Waals surface area contributed by atoms with Crippen LogP contribution >= 0.6 is 0 Å². The summed E-state index contributed by atoms with van der Waals surface area (Å²) in [5, 5.41) is 6.13. The summed E-state index contributed by atoms with van der Waals surface area (Å²) in [6.45, 7) is 11.9. The topological polar surface area (TPSA) is 87.7 Å². The van der Waals surface area contributed by atoms with E-state index in [-0.39, 0.29) is 24.3 Å². The van der Waals surface area contributed by atoms with Gasteiger partial charge in [-0.1, -0.05) is 86.7 Å². The minimum atomic E-state index is -0.903. The lowest BCUT2D eigenvalue weighted by atomic mass is 9.93. The number of carbonyl (C=O) groups excluding carboxylic acids is 3. The van der Waals surface area contributed by atoms with E-state index in [0.717, 1.165) is 60.8 Å². The van der Waals surface area contributed by atoms with Crippen molar-refractivity contribution in [2.45, 2.75) is 117 Å². The van der Waals surface area contributed by atoms with Crippen LogP contribution < -0.4 is 10.6 Å². The molecule has 1 aliphatic rings. The van der Waals surface area contributed by atoms with Crippen molar-refractivity contribution in [3.63, 3.8) is 0 Å². The van der Waals surface area contributed by atoms with Crippen molar-refractivity contribution in [2.75, 3.05) is 6.54 Å². The van der Waals surface area contributed by atoms with E-state index >= 15 is 0 Å². The highest BCUT2D eigenvalue weighted by atomic mass is 16.6. The van der Waals surface area contributed by atoms with Gasteiger partial charge in [-0.2, -0.15) is 0 Å². The molecule has 224 valence electrons. The van der Waals surface area contributed by atoms with E-state index in [1.807, 2.05) is 56.3 Å². The van der Waals surface area contributed by atoms with Gasteiger partial charge in [0.25, 0.3) is 0 Å². The van der Waals surface area contributed by atoms with Gasteiger partial charge in [-0.05, 0) is 70.6 Å². The zero-order valence-corrected chi connectivity index (χ0v) is 25.8. The van der Waals surface area contributed by atoms with Gasteiger partial charge in [0.1, 0.15) is 17.7 Å². The standard InChI is InChI=1S/C34H49N3O4/c1-7-8-21-37(32(39)29(23-26-15-11-9-12-16-26)36-33(40)41-34(4,5)6)30(28-20-19-24(2)22-25(28)3)31(38)35-27-17-13-10-14-18-27/h9,11-12,15-16,19-20,22,27,29-30H,7-8,10,13-14,17-18,21,23H2,1-6H3,(H,35,38)(H,36,40). The molecule has 0 aliphatic heterocycles. The van der Waals surface area contributed by atoms with Crippen LogP contribution in [0.3, 0.4) is 0 Å². The molecular formula is C34H49N3O4. The molecule has 41 heavy (non-hydrogen) atoms. The summed E-state index contributed by atoms with van der Waals surface area (Å²) in [6, 6.07) is 14.0. The van der Waals surface area contributed by atoms with Crippen molar-refractivity contribution >= 4 is 17.9 Å². The third-order valence-electron chi connectivity index (χ3n) is 7.54. The lowest BCUT2D eigenvalue weighted by Gasteiger charge is -2.36. The van der Waals surface area contributed by atoms with Crippen LogP contribution in [0.2, 0.25) is 0 Å². The first-order chi connectivity index (χ1) is 19.5. The van der Waals surface area contributed by atoms with Gasteiger partial charge in [0.15, 0.2) is 0 Å². The molecule has 1 saturated carbocycles. The van der Waals surface area contributed by atoms with E-state index in [1.165, 1.54) is 6.42 Å². The fraction of sp³-hybridized carbons (Fsp3) is 0.559. The van der Waals surface area contributed by atoms with Crippen LogP contribution in [0.1, 0.15) is 101 Å². The van der Waals surface area contributed by atoms with Crippen molar-refractivity contribution in [1.29, 1.82) is 0 Å². The maximum Gasteiger partial charge on any atom is 0.408 e. The van der Waals surface area contributed by atoms with Crippen LogP contribution in [-0.2, 0) is 20.7 Å². The average molecular weight is 564 g/mol. The lowest BCUT2D eigenvalue weighted by Crippen LogP contribution is -2.54. The predicted molar refractivity (Wildman–Crippen MR) is 164 cm³/mol. The van der Waals surface area contributed by atoms with Crippen LogP contribution in [0.5, 0.6) is 0 Å². The normalized spacial score (nSPS) is 15.5. The van der Waals surface area contributed by atoms with E-state index in [9.17, 15) is 14.4 Å². The van der Waals surface area contributed by atoms with E-state index in [4.69, 9.17) is 4.74 Å². The number of alkyl carbamates (subject to hydrolysis) is 1. The highest BCUT2D eigenvalue weighted by Crippen LogP contribution is 2.28. The van der Waals surface area contributed by atoms with Gasteiger partial charge >= 0.3 is 6.09 Å². The molecule has 2 unspecified atom stereocenters. The highest BCUT2D eigenvalue weighted by Gasteiger charge is 2.37. The van der Waals surface area contributed by atoms with Gasteiger partial charge < -0.3 is 20.3 Å². The van der Waals surface area contributed by atoms with Crippen LogP contribution in [0.15, 0.2) is 48.5 Å². The molecule has 0 radical (unpaired) electrons. The summed E-state index contributed by atoms with van der Waals surface area (Å²) in [5.74, 6) is -0.457. The van der Waals surface area contributed by atoms with Crippen LogP contribution in [0, 0.1) is 13.8 Å². The average Bonchev–Trinajstić information content (AvgIpc) is 2.91. The monoisotopic (exact) mass is 563 g/mol. The summed E-state index contributed by atoms with van der Waals surface area (Å²) in [6.07, 6.45) is 6.49. The second kappa shape index (κ2) is 15.0. The van der Waals surface area contributed by atoms with Gasteiger partial charge in [0.05, 0.1) is 0 Å². The number of nitrogens with one attached hydrogen (secondary N) is 2. The maximum absolute atomic E-state index is 14.5. The first kappa shape index (κ1) is 32.2. The van der Waals surface area contributed by atoms with Crippen molar-refractivity contribution < 1.29 is 19.1 Å². The van der Waals surface area contributed by atoms with Gasteiger partial charge in [-0.25, -0.2) is 4.79 Å². The Kier molecular flexibility index (Phi) is 11.8. The SMILES string of the molecule is CCCCN(C(=O)C(Cc1ccccc1)NC(=O)OC(C)(C)C)C(C(=O)NC1CCCCC1)c1ccc(C)cc1C. The number of nitrogens with zero attached hydrogens (tertiary/aromatic N) is 1. The number of unbranched alkanes of at least 4 members (excludes halogenated alkanes) is 1. The van der Waals surface area contributed by atoms with Gasteiger partial charge in [-0.15, -0.1) is 0 Å². The molecule has 0 heterocycles. The van der Waals surface area contributed by atoms with Gasteiger partial charge in [-0.3, -0.25) is 9.59 Å². The Morgan fingerprint density at radius 2 is 1.68 bits per heavy atom. The molecule has 3 amide bonds. The van der Waals surface area contributed by atoms with E-state index in [0.29, 0.717) is 6.54 Å². The molecule has 0 spiro atoms. The number of carbonyl (C=O) groups is 3. The smallest absolute Gasteiger partial charge is 0.408 e. The molecule has 0 bridgehead atoms. The number of rotatable bonds is 11. The molecule has 2 aromatic carbocycles. The molecular weight excluding hydrogens is 514 g/mol. The Balaban J connectivity index is 2.03. The van der Waals surface area contributed by atoms with E-state index in [2.05, 4.69) is 23.6 Å². The van der Waals surface area contributed by atoms with Crippen molar-refractivity contribution in [3.8, 4) is 0 Å². The highest BCUT2D eigenvalue weighted by molar-refractivity contribution is 5.92. The number of amides is 3. The maximum atomic E-state index is 14.5. The van der Waals surface area contributed by atoms with Crippen LogP contribution in [0.4, 0.5) is 4.79 Å². The molecule has 1 fully saturated rings. The fourth-order valence-electron chi connectivity index (χ4n) is 5.50. The Morgan fingerprint density at radius 1 is 1.00 bits per heavy atom. The zero-order valence-electron chi connectivity index (χ0n) is 25.8. The molecule has 2 aromatic rings. The van der Waals surface area contributed by atoms with Crippen molar-refractivity contribution in [1.82, 2.24) is 15.5 Å². The summed E-state index contributed by atoms with van der Waals surface area (Å²) >= 11 is 0. The molecule has 2 N–H and O–H groups in total. The number of benzene rings is 2. The van der Waals surface area contributed by atoms with Gasteiger partial charge in [0, 0.05) is 19.0 Å². The minimum Gasteiger partial charge on any atom is -0.444 e. The minimum absolute atomic E-state index is 0.104. The van der Waals surface area contributed by atoms with Crippen LogP contribution in [0.25, 0.3) is 0 Å². The molecule has 2 atom stereocenters. The van der Waals surface area contributed by atoms with Crippen molar-refractivity contribution in [3.05, 3.63) is 70.8 Å². The quantitative estimate of drug-likeness (QED) is 0.324. The second-order valence-corrected chi connectivity index (χ2v) is 12.4. The summed E-state index contributed by atoms with van der Waals surface area (Å²) in [7, 11) is 0. The second-order valence-electron chi connectivity index (χ2n) is 12.4. The first-order valence-electron chi connectivity index (χ1n) is 15.2. The number of ether oxygens (including phenoxy) is 1. The summed E-state index contributed by atoms with van der Waals surface area (Å²) in [5.41, 5.74) is 3.06. The van der Waals surface area contributed by atoms with Crippen LogP contribution in [-0.4, -0.2) is 47.0 Å². The largest absolute Gasteiger partial charge is 0.444 e. The van der Waals surface area contributed by atoms with Gasteiger partial charge in [0.2, 0.25) is 11.8 Å². The Bertz CT molecular complexity index is 1150. The summed E-state index contributed by atoms with van der Waals surface area (Å²) in [4.78, 5) is 43.3. The molecule has 0 saturated heterocycles. The Morgan fingerprint density at radius 3 is 2.29 bits per heavy atom. The summed E-state index contributed by atoms with van der Waals surface area (Å²) < 4.78 is 5.54. The zero-order chi connectivity index (χ0) is 30.0. The fourth-order valence-corrected chi connectivity index (χ4v) is 5.50. The first-order valence-corrected chi connectivity index (χ1v) is 15.2. The predicted octanol–water partition coefficient (Wildman–Crippen LogP) is 6.56. The molecule has 1 aliphatic carbocycles. The third-order valence-corrected chi connectivity index (χ3v) is 7.54.